The molecule has 0 aromatic rings. The summed E-state index contributed by atoms with van der Waals surface area (Å²) >= 11 is 0. The highest BCUT2D eigenvalue weighted by atomic mass is 16.5. The van der Waals surface area contributed by atoms with Crippen LogP contribution in [0.2, 0.25) is 0 Å². The minimum absolute atomic E-state index is 0.177. The minimum Gasteiger partial charge on any atom is -0.379 e. The third-order valence-corrected chi connectivity index (χ3v) is 5.85. The van der Waals surface area contributed by atoms with Gasteiger partial charge in [-0.05, 0) is 38.0 Å². The number of nitrogens with zero attached hydrogens (tertiary/aromatic N) is 2. The molecule has 6 heteroatoms. The van der Waals surface area contributed by atoms with Crippen LogP contribution in [0.1, 0.15) is 32.1 Å². The van der Waals surface area contributed by atoms with Gasteiger partial charge < -0.3 is 19.1 Å². The van der Waals surface area contributed by atoms with Crippen LogP contribution in [0, 0.1) is 5.92 Å². The van der Waals surface area contributed by atoms with E-state index in [0.717, 1.165) is 65.0 Å². The number of ether oxygens (including phenoxy) is 3. The van der Waals surface area contributed by atoms with Crippen LogP contribution in [-0.4, -0.2) is 87.6 Å². The molecule has 0 aromatic carbocycles. The van der Waals surface area contributed by atoms with Crippen molar-refractivity contribution in [2.45, 2.75) is 50.4 Å². The number of methoxy groups -OCH3 is 2. The molecule has 3 fully saturated rings. The predicted molar refractivity (Wildman–Crippen MR) is 90.9 cm³/mol. The molecule has 0 bridgehead atoms. The molecular formula is C18H32N2O4. The van der Waals surface area contributed by atoms with Crippen LogP contribution in [0.25, 0.3) is 0 Å². The van der Waals surface area contributed by atoms with E-state index in [1.807, 2.05) is 4.90 Å². The Balaban J connectivity index is 1.41. The largest absolute Gasteiger partial charge is 0.379 e. The molecule has 0 radical (unpaired) electrons. The molecule has 2 heterocycles. The van der Waals surface area contributed by atoms with Crippen molar-refractivity contribution < 1.29 is 19.0 Å². The van der Waals surface area contributed by atoms with Gasteiger partial charge in [-0.25, -0.2) is 0 Å². The van der Waals surface area contributed by atoms with Crippen molar-refractivity contribution in [3.63, 3.8) is 0 Å². The number of hydrogen-bond acceptors (Lipinski definition) is 5. The van der Waals surface area contributed by atoms with Crippen molar-refractivity contribution in [2.24, 2.45) is 5.92 Å². The van der Waals surface area contributed by atoms with Crippen molar-refractivity contribution in [1.29, 1.82) is 0 Å². The Morgan fingerprint density at radius 1 is 1.04 bits per heavy atom. The zero-order valence-corrected chi connectivity index (χ0v) is 15.1. The molecule has 0 N–H and O–H groups in total. The molecule has 3 rings (SSSR count). The van der Waals surface area contributed by atoms with Crippen molar-refractivity contribution in [1.82, 2.24) is 9.80 Å². The third kappa shape index (κ3) is 4.28. The maximum atomic E-state index is 12.4. The van der Waals surface area contributed by atoms with Crippen molar-refractivity contribution >= 4 is 5.91 Å². The zero-order chi connectivity index (χ0) is 16.9. The van der Waals surface area contributed by atoms with Crippen molar-refractivity contribution in [2.75, 3.05) is 53.6 Å². The Kier molecular flexibility index (Phi) is 6.49. The average Bonchev–Trinajstić information content (AvgIpc) is 3.16. The van der Waals surface area contributed by atoms with Crippen LogP contribution in [0.5, 0.6) is 0 Å². The summed E-state index contributed by atoms with van der Waals surface area (Å²) in [6.45, 7) is 5.46. The maximum Gasteiger partial charge on any atom is 0.251 e. The Morgan fingerprint density at radius 3 is 2.42 bits per heavy atom. The number of carbonyl (C=O) groups excluding carboxylic acids is 1. The van der Waals surface area contributed by atoms with E-state index < -0.39 is 0 Å². The quantitative estimate of drug-likeness (QED) is 0.751. The molecule has 0 spiro atoms. The SMILES string of the molecule is COC1CCC(CN2CCN(C(=O)C3CCCO3)CC2)CC1OC. The Labute approximate surface area is 145 Å². The summed E-state index contributed by atoms with van der Waals surface area (Å²) < 4.78 is 16.7. The normalized spacial score (nSPS) is 35.3. The van der Waals surface area contributed by atoms with Gasteiger partial charge in [-0.2, -0.15) is 0 Å². The van der Waals surface area contributed by atoms with Crippen LogP contribution >= 0.6 is 0 Å². The van der Waals surface area contributed by atoms with E-state index in [1.165, 1.54) is 6.42 Å². The van der Waals surface area contributed by atoms with Gasteiger partial charge in [0, 0.05) is 53.6 Å². The molecule has 4 unspecified atom stereocenters. The second kappa shape index (κ2) is 8.61. The molecule has 1 saturated carbocycles. The van der Waals surface area contributed by atoms with Gasteiger partial charge in [0.2, 0.25) is 0 Å². The van der Waals surface area contributed by atoms with Gasteiger partial charge in [0.1, 0.15) is 6.10 Å². The first-order valence-electron chi connectivity index (χ1n) is 9.39. The van der Waals surface area contributed by atoms with Crippen LogP contribution < -0.4 is 0 Å². The van der Waals surface area contributed by atoms with E-state index in [1.54, 1.807) is 14.2 Å². The summed E-state index contributed by atoms with van der Waals surface area (Å²) in [5, 5.41) is 0. The third-order valence-electron chi connectivity index (χ3n) is 5.85. The molecule has 4 atom stereocenters. The van der Waals surface area contributed by atoms with E-state index in [2.05, 4.69) is 4.90 Å². The molecule has 24 heavy (non-hydrogen) atoms. The number of carbonyl (C=O) groups is 1. The monoisotopic (exact) mass is 340 g/mol. The Bertz CT molecular complexity index is 406. The Morgan fingerprint density at radius 2 is 1.79 bits per heavy atom. The zero-order valence-electron chi connectivity index (χ0n) is 15.1. The molecule has 1 amide bonds. The smallest absolute Gasteiger partial charge is 0.251 e. The molecule has 2 aliphatic heterocycles. The first kappa shape index (κ1) is 18.1. The first-order valence-corrected chi connectivity index (χ1v) is 9.39. The number of rotatable bonds is 5. The van der Waals surface area contributed by atoms with Crippen molar-refractivity contribution in [3.8, 4) is 0 Å². The van der Waals surface area contributed by atoms with E-state index >= 15 is 0 Å². The molecule has 2 saturated heterocycles. The predicted octanol–water partition coefficient (Wildman–Crippen LogP) is 1.14. The number of piperazine rings is 1. The Hall–Kier alpha value is -0.690. The van der Waals surface area contributed by atoms with Gasteiger partial charge in [0.05, 0.1) is 12.2 Å². The lowest BCUT2D eigenvalue weighted by Crippen LogP contribution is -2.52. The van der Waals surface area contributed by atoms with E-state index in [4.69, 9.17) is 14.2 Å². The lowest BCUT2D eigenvalue weighted by Gasteiger charge is -2.40. The number of amides is 1. The topological polar surface area (TPSA) is 51.2 Å². The first-order chi connectivity index (χ1) is 11.7. The van der Waals surface area contributed by atoms with Gasteiger partial charge in [0.25, 0.3) is 5.91 Å². The fourth-order valence-corrected chi connectivity index (χ4v) is 4.36. The molecular weight excluding hydrogens is 308 g/mol. The molecule has 6 nitrogen and oxygen atoms in total. The number of hydrogen-bond donors (Lipinski definition) is 0. The van der Waals surface area contributed by atoms with Gasteiger partial charge in [0.15, 0.2) is 0 Å². The van der Waals surface area contributed by atoms with Crippen LogP contribution in [0.15, 0.2) is 0 Å². The molecule has 3 aliphatic rings. The summed E-state index contributed by atoms with van der Waals surface area (Å²) in [6.07, 6.45) is 5.54. The summed E-state index contributed by atoms with van der Waals surface area (Å²) in [5.74, 6) is 0.869. The minimum atomic E-state index is -0.177. The van der Waals surface area contributed by atoms with Gasteiger partial charge in [-0.3, -0.25) is 9.69 Å². The summed E-state index contributed by atoms with van der Waals surface area (Å²) in [5.41, 5.74) is 0. The lowest BCUT2D eigenvalue weighted by atomic mass is 9.84. The summed E-state index contributed by atoms with van der Waals surface area (Å²) in [6, 6.07) is 0. The maximum absolute atomic E-state index is 12.4. The molecule has 1 aliphatic carbocycles. The summed E-state index contributed by atoms with van der Waals surface area (Å²) in [4.78, 5) is 16.9. The van der Waals surface area contributed by atoms with Crippen LogP contribution in [-0.2, 0) is 19.0 Å². The van der Waals surface area contributed by atoms with Gasteiger partial charge >= 0.3 is 0 Å². The van der Waals surface area contributed by atoms with E-state index in [0.29, 0.717) is 5.92 Å². The average molecular weight is 340 g/mol. The van der Waals surface area contributed by atoms with Crippen LogP contribution in [0.4, 0.5) is 0 Å². The lowest BCUT2D eigenvalue weighted by molar-refractivity contribution is -0.142. The highest BCUT2D eigenvalue weighted by Gasteiger charge is 2.33. The van der Waals surface area contributed by atoms with Gasteiger partial charge in [-0.1, -0.05) is 0 Å². The highest BCUT2D eigenvalue weighted by molar-refractivity contribution is 5.81. The van der Waals surface area contributed by atoms with Gasteiger partial charge in [-0.15, -0.1) is 0 Å². The fourth-order valence-electron chi connectivity index (χ4n) is 4.36. The van der Waals surface area contributed by atoms with Crippen LogP contribution in [0.3, 0.4) is 0 Å². The molecule has 138 valence electrons. The molecule has 0 aromatic heterocycles. The van der Waals surface area contributed by atoms with Crippen molar-refractivity contribution in [3.05, 3.63) is 0 Å². The second-order valence-corrected chi connectivity index (χ2v) is 7.35. The summed E-state index contributed by atoms with van der Waals surface area (Å²) in [7, 11) is 3.57. The van der Waals surface area contributed by atoms with E-state index in [9.17, 15) is 4.79 Å². The highest BCUT2D eigenvalue weighted by Crippen LogP contribution is 2.29. The second-order valence-electron chi connectivity index (χ2n) is 7.35. The standard InChI is InChI=1S/C18H32N2O4/c1-22-15-6-5-14(12-17(15)23-2)13-19-7-9-20(10-8-19)18(21)16-4-3-11-24-16/h14-17H,3-13H2,1-2H3. The fraction of sp³-hybridized carbons (Fsp3) is 0.944. The van der Waals surface area contributed by atoms with E-state index in [-0.39, 0.29) is 24.2 Å².